The average Bonchev–Trinajstić information content (AvgIpc) is 2.39. The molecule has 6 heteroatoms. The topological polar surface area (TPSA) is 58.6 Å². The van der Waals surface area contributed by atoms with Gasteiger partial charge < -0.3 is 15.0 Å². The van der Waals surface area contributed by atoms with Gasteiger partial charge in [0.05, 0.1) is 12.5 Å². The number of carbonyl (C=O) groups excluding carboxylic acids is 2. The van der Waals surface area contributed by atoms with E-state index in [9.17, 15) is 9.59 Å². The first-order chi connectivity index (χ1) is 8.58. The second-order valence-electron chi connectivity index (χ2n) is 4.22. The van der Waals surface area contributed by atoms with Crippen molar-refractivity contribution in [3.8, 4) is 0 Å². The molecule has 0 aromatic rings. The minimum atomic E-state index is -0.124. The number of amides is 1. The summed E-state index contributed by atoms with van der Waals surface area (Å²) in [5, 5.41) is 3.13. The number of nitrogens with zero attached hydrogens (tertiary/aromatic N) is 1. The van der Waals surface area contributed by atoms with Crippen molar-refractivity contribution in [1.29, 1.82) is 0 Å². The summed E-state index contributed by atoms with van der Waals surface area (Å²) >= 11 is 5.15. The van der Waals surface area contributed by atoms with E-state index in [1.54, 1.807) is 6.92 Å². The Bertz CT molecular complexity index is 325. The number of hydrogen-bond donors (Lipinski definition) is 1. The van der Waals surface area contributed by atoms with Gasteiger partial charge >= 0.3 is 5.97 Å². The number of ether oxygens (including phenoxy) is 1. The maximum atomic E-state index is 11.6. The van der Waals surface area contributed by atoms with Gasteiger partial charge in [-0.05, 0) is 32.0 Å². The molecule has 0 radical (unpaired) electrons. The molecule has 1 rings (SSSR count). The SMILES string of the molecule is CCOC(=O)C1CCN(C(=S)NC(=O)CC)CC1. The molecule has 0 saturated carbocycles. The highest BCUT2D eigenvalue weighted by Crippen LogP contribution is 2.18. The Kier molecular flexibility index (Phi) is 6.04. The quantitative estimate of drug-likeness (QED) is 0.615. The number of thiocarbonyl (C=S) groups is 1. The lowest BCUT2D eigenvalue weighted by molar-refractivity contribution is -0.149. The molecule has 0 aromatic carbocycles. The zero-order valence-electron chi connectivity index (χ0n) is 10.9. The second-order valence-corrected chi connectivity index (χ2v) is 4.61. The molecule has 1 amide bonds. The van der Waals surface area contributed by atoms with Gasteiger partial charge in [-0.15, -0.1) is 0 Å². The van der Waals surface area contributed by atoms with Gasteiger partial charge in [0.15, 0.2) is 5.11 Å². The van der Waals surface area contributed by atoms with Crippen LogP contribution in [0.25, 0.3) is 0 Å². The van der Waals surface area contributed by atoms with E-state index < -0.39 is 0 Å². The zero-order chi connectivity index (χ0) is 13.5. The lowest BCUT2D eigenvalue weighted by Gasteiger charge is -2.32. The molecule has 1 saturated heterocycles. The molecule has 0 bridgehead atoms. The van der Waals surface area contributed by atoms with Crippen LogP contribution in [-0.2, 0) is 14.3 Å². The van der Waals surface area contributed by atoms with E-state index in [-0.39, 0.29) is 17.8 Å². The van der Waals surface area contributed by atoms with Crippen molar-refractivity contribution in [3.05, 3.63) is 0 Å². The molecular formula is C12H20N2O3S. The number of carbonyl (C=O) groups is 2. The van der Waals surface area contributed by atoms with Crippen LogP contribution >= 0.6 is 12.2 Å². The normalized spacial score (nSPS) is 16.2. The van der Waals surface area contributed by atoms with E-state index in [0.717, 1.165) is 12.8 Å². The zero-order valence-corrected chi connectivity index (χ0v) is 11.7. The molecular weight excluding hydrogens is 252 g/mol. The first-order valence-corrected chi connectivity index (χ1v) is 6.74. The fourth-order valence-electron chi connectivity index (χ4n) is 1.87. The van der Waals surface area contributed by atoms with Gasteiger partial charge in [0, 0.05) is 19.5 Å². The maximum Gasteiger partial charge on any atom is 0.309 e. The average molecular weight is 272 g/mol. The Morgan fingerprint density at radius 2 is 1.94 bits per heavy atom. The van der Waals surface area contributed by atoms with Crippen molar-refractivity contribution in [2.45, 2.75) is 33.1 Å². The van der Waals surface area contributed by atoms with Gasteiger partial charge in [0.1, 0.15) is 0 Å². The highest BCUT2D eigenvalue weighted by molar-refractivity contribution is 7.80. The lowest BCUT2D eigenvalue weighted by Crippen LogP contribution is -2.47. The Morgan fingerprint density at radius 3 is 2.44 bits per heavy atom. The molecule has 0 aromatic heterocycles. The van der Waals surface area contributed by atoms with E-state index in [0.29, 0.717) is 31.2 Å². The molecule has 0 spiro atoms. The van der Waals surface area contributed by atoms with Gasteiger partial charge in [0.25, 0.3) is 0 Å². The number of rotatable bonds is 3. The highest BCUT2D eigenvalue weighted by atomic mass is 32.1. The van der Waals surface area contributed by atoms with E-state index in [1.165, 1.54) is 0 Å². The van der Waals surface area contributed by atoms with Crippen LogP contribution in [0.15, 0.2) is 0 Å². The summed E-state index contributed by atoms with van der Waals surface area (Å²) in [6, 6.07) is 0. The van der Waals surface area contributed by atoms with Gasteiger partial charge in [-0.1, -0.05) is 6.92 Å². The summed E-state index contributed by atoms with van der Waals surface area (Å²) in [5.74, 6) is -0.237. The molecule has 0 atom stereocenters. The molecule has 0 aliphatic carbocycles. The molecule has 1 fully saturated rings. The van der Waals surface area contributed by atoms with Crippen LogP contribution in [0.3, 0.4) is 0 Å². The van der Waals surface area contributed by atoms with Crippen LogP contribution in [0.2, 0.25) is 0 Å². The Balaban J connectivity index is 2.37. The molecule has 5 nitrogen and oxygen atoms in total. The van der Waals surface area contributed by atoms with Crippen LogP contribution in [0.5, 0.6) is 0 Å². The third kappa shape index (κ3) is 4.25. The number of esters is 1. The predicted octanol–water partition coefficient (Wildman–Crippen LogP) is 1.07. The third-order valence-electron chi connectivity index (χ3n) is 2.97. The molecule has 1 N–H and O–H groups in total. The summed E-state index contributed by atoms with van der Waals surface area (Å²) in [4.78, 5) is 24.7. The van der Waals surface area contributed by atoms with Gasteiger partial charge in [-0.2, -0.15) is 0 Å². The number of hydrogen-bond acceptors (Lipinski definition) is 4. The Morgan fingerprint density at radius 1 is 1.33 bits per heavy atom. The first kappa shape index (κ1) is 14.9. The summed E-state index contributed by atoms with van der Waals surface area (Å²) in [6.07, 6.45) is 1.86. The predicted molar refractivity (Wildman–Crippen MR) is 72.0 cm³/mol. The molecule has 18 heavy (non-hydrogen) atoms. The van der Waals surface area contributed by atoms with Crippen molar-refractivity contribution in [1.82, 2.24) is 10.2 Å². The van der Waals surface area contributed by atoms with E-state index in [4.69, 9.17) is 17.0 Å². The number of likely N-dealkylation sites (tertiary alicyclic amines) is 1. The largest absolute Gasteiger partial charge is 0.466 e. The Hall–Kier alpha value is -1.17. The van der Waals surface area contributed by atoms with Crippen LogP contribution < -0.4 is 5.32 Å². The molecule has 1 aliphatic heterocycles. The number of piperidine rings is 1. The first-order valence-electron chi connectivity index (χ1n) is 6.33. The molecule has 1 heterocycles. The van der Waals surface area contributed by atoms with Crippen LogP contribution in [0.4, 0.5) is 0 Å². The van der Waals surface area contributed by atoms with Crippen molar-refractivity contribution < 1.29 is 14.3 Å². The summed E-state index contributed by atoms with van der Waals surface area (Å²) < 4.78 is 5.00. The fraction of sp³-hybridized carbons (Fsp3) is 0.750. The molecule has 102 valence electrons. The fourth-order valence-corrected chi connectivity index (χ4v) is 2.16. The summed E-state index contributed by atoms with van der Waals surface area (Å²) in [7, 11) is 0. The van der Waals surface area contributed by atoms with Crippen molar-refractivity contribution in [2.75, 3.05) is 19.7 Å². The van der Waals surface area contributed by atoms with Crippen molar-refractivity contribution in [3.63, 3.8) is 0 Å². The van der Waals surface area contributed by atoms with E-state index in [1.807, 2.05) is 11.8 Å². The summed E-state index contributed by atoms with van der Waals surface area (Å²) in [5.41, 5.74) is 0. The van der Waals surface area contributed by atoms with Gasteiger partial charge in [-0.3, -0.25) is 9.59 Å². The van der Waals surface area contributed by atoms with E-state index >= 15 is 0 Å². The number of nitrogens with one attached hydrogen (secondary N) is 1. The van der Waals surface area contributed by atoms with Gasteiger partial charge in [0.2, 0.25) is 5.91 Å². The minimum absolute atomic E-state index is 0.0362. The monoisotopic (exact) mass is 272 g/mol. The highest BCUT2D eigenvalue weighted by Gasteiger charge is 2.27. The maximum absolute atomic E-state index is 11.6. The standard InChI is InChI=1S/C12H20N2O3S/c1-3-10(15)13-12(18)14-7-5-9(6-8-14)11(16)17-4-2/h9H,3-8H2,1-2H3,(H,13,15,18). The van der Waals surface area contributed by atoms with Crippen LogP contribution in [0.1, 0.15) is 33.1 Å². The Labute approximate surface area is 113 Å². The van der Waals surface area contributed by atoms with Crippen LogP contribution in [-0.4, -0.2) is 41.6 Å². The second kappa shape index (κ2) is 7.31. The van der Waals surface area contributed by atoms with Crippen molar-refractivity contribution >= 4 is 29.2 Å². The van der Waals surface area contributed by atoms with Crippen LogP contribution in [0, 0.1) is 5.92 Å². The lowest BCUT2D eigenvalue weighted by atomic mass is 9.97. The minimum Gasteiger partial charge on any atom is -0.466 e. The van der Waals surface area contributed by atoms with Gasteiger partial charge in [-0.25, -0.2) is 0 Å². The van der Waals surface area contributed by atoms with Crippen molar-refractivity contribution in [2.24, 2.45) is 5.92 Å². The van der Waals surface area contributed by atoms with E-state index in [2.05, 4.69) is 5.32 Å². The smallest absolute Gasteiger partial charge is 0.309 e. The summed E-state index contributed by atoms with van der Waals surface area (Å²) in [6.45, 7) is 5.38. The third-order valence-corrected chi connectivity index (χ3v) is 3.33. The molecule has 0 unspecified atom stereocenters. The molecule has 1 aliphatic rings.